The number of methoxy groups -OCH3 is 1. The highest BCUT2D eigenvalue weighted by atomic mass is 19.1. The summed E-state index contributed by atoms with van der Waals surface area (Å²) in [7, 11) is 1.43. The number of esters is 1. The Balaban J connectivity index is 2.18. The molecular weight excluding hydrogens is 269 g/mol. The molecule has 1 aromatic carbocycles. The second-order valence-electron chi connectivity index (χ2n) is 6.01. The Kier molecular flexibility index (Phi) is 3.47. The molecule has 2 aromatic rings. The van der Waals surface area contributed by atoms with E-state index in [4.69, 9.17) is 4.74 Å². The van der Waals surface area contributed by atoms with E-state index in [0.29, 0.717) is 12.5 Å². The van der Waals surface area contributed by atoms with Crippen LogP contribution in [0.15, 0.2) is 18.2 Å². The smallest absolute Gasteiger partial charge is 0.309 e. The lowest BCUT2D eigenvalue weighted by Gasteiger charge is -2.23. The van der Waals surface area contributed by atoms with E-state index in [2.05, 4.69) is 18.4 Å². The second kappa shape index (κ2) is 5.17. The van der Waals surface area contributed by atoms with Gasteiger partial charge >= 0.3 is 5.97 Å². The maximum absolute atomic E-state index is 13.6. The van der Waals surface area contributed by atoms with E-state index in [1.807, 2.05) is 6.07 Å². The Morgan fingerprint density at radius 1 is 1.43 bits per heavy atom. The molecule has 1 aliphatic carbocycles. The predicted octanol–water partition coefficient (Wildman–Crippen LogP) is 3.64. The fourth-order valence-corrected chi connectivity index (χ4v) is 3.52. The lowest BCUT2D eigenvalue weighted by atomic mass is 9.86. The van der Waals surface area contributed by atoms with Crippen molar-refractivity contribution in [1.29, 1.82) is 0 Å². The van der Waals surface area contributed by atoms with Crippen molar-refractivity contribution >= 4 is 16.9 Å². The van der Waals surface area contributed by atoms with E-state index < -0.39 is 0 Å². The summed E-state index contributed by atoms with van der Waals surface area (Å²) in [5.41, 5.74) is 3.41. The number of aromatic nitrogens is 1. The molecule has 0 bridgehead atoms. The van der Waals surface area contributed by atoms with Gasteiger partial charge in [0, 0.05) is 22.6 Å². The molecule has 1 atom stereocenters. The third-order valence-corrected chi connectivity index (χ3v) is 4.41. The molecule has 0 saturated carbocycles. The normalized spacial score (nSPS) is 18.0. The molecule has 0 fully saturated rings. The van der Waals surface area contributed by atoms with Crippen LogP contribution in [0.3, 0.4) is 0 Å². The molecule has 21 heavy (non-hydrogen) atoms. The van der Waals surface area contributed by atoms with Crippen LogP contribution in [0.5, 0.6) is 0 Å². The van der Waals surface area contributed by atoms with E-state index in [-0.39, 0.29) is 17.7 Å². The molecule has 0 saturated heterocycles. The van der Waals surface area contributed by atoms with E-state index in [0.717, 1.165) is 29.3 Å². The maximum Gasteiger partial charge on any atom is 0.309 e. The van der Waals surface area contributed by atoms with Crippen LogP contribution in [0.4, 0.5) is 4.39 Å². The third-order valence-electron chi connectivity index (χ3n) is 4.41. The molecule has 0 N–H and O–H groups in total. The van der Waals surface area contributed by atoms with Crippen molar-refractivity contribution in [2.45, 2.75) is 39.2 Å². The second-order valence-corrected chi connectivity index (χ2v) is 6.01. The molecule has 0 radical (unpaired) electrons. The van der Waals surface area contributed by atoms with Crippen molar-refractivity contribution in [3.8, 4) is 0 Å². The quantitative estimate of drug-likeness (QED) is 0.790. The van der Waals surface area contributed by atoms with Gasteiger partial charge in [-0.25, -0.2) is 4.39 Å². The van der Waals surface area contributed by atoms with Gasteiger partial charge in [0.05, 0.1) is 13.0 Å². The van der Waals surface area contributed by atoms with Gasteiger partial charge in [0.1, 0.15) is 5.82 Å². The van der Waals surface area contributed by atoms with Crippen LogP contribution in [-0.4, -0.2) is 17.6 Å². The first-order valence-corrected chi connectivity index (χ1v) is 7.42. The highest BCUT2D eigenvalue weighted by Crippen LogP contribution is 2.37. The number of hydrogen-bond acceptors (Lipinski definition) is 2. The summed E-state index contributed by atoms with van der Waals surface area (Å²) in [6.07, 6.45) is 2.27. The first kappa shape index (κ1) is 14.1. The third kappa shape index (κ3) is 2.23. The summed E-state index contributed by atoms with van der Waals surface area (Å²) < 4.78 is 20.8. The molecule has 4 heteroatoms. The molecule has 1 unspecified atom stereocenters. The Labute approximate surface area is 123 Å². The fraction of sp³-hybridized carbons (Fsp3) is 0.471. The summed E-state index contributed by atoms with van der Waals surface area (Å²) in [5, 5.41) is 0.937. The first-order chi connectivity index (χ1) is 10.0. The maximum atomic E-state index is 13.6. The highest BCUT2D eigenvalue weighted by molar-refractivity contribution is 5.87. The summed E-state index contributed by atoms with van der Waals surface area (Å²) in [6.45, 7) is 4.27. The van der Waals surface area contributed by atoms with Crippen molar-refractivity contribution in [3.63, 3.8) is 0 Å². The van der Waals surface area contributed by atoms with E-state index in [9.17, 15) is 9.18 Å². The Morgan fingerprint density at radius 3 is 2.86 bits per heavy atom. The van der Waals surface area contributed by atoms with Crippen molar-refractivity contribution in [3.05, 3.63) is 35.3 Å². The number of rotatable bonds is 2. The topological polar surface area (TPSA) is 31.2 Å². The molecule has 3 rings (SSSR count). The SMILES string of the molecule is COC(=O)C1CCc2c(c3cc(F)ccc3n2C(C)C)C1. The summed E-state index contributed by atoms with van der Waals surface area (Å²) >= 11 is 0. The molecule has 0 aliphatic heterocycles. The monoisotopic (exact) mass is 289 g/mol. The zero-order valence-corrected chi connectivity index (χ0v) is 12.6. The Bertz CT molecular complexity index is 702. The van der Waals surface area contributed by atoms with E-state index in [1.165, 1.54) is 18.9 Å². The van der Waals surface area contributed by atoms with Crippen LogP contribution in [0, 0.1) is 11.7 Å². The highest BCUT2D eigenvalue weighted by Gasteiger charge is 2.30. The van der Waals surface area contributed by atoms with Crippen molar-refractivity contribution in [1.82, 2.24) is 4.57 Å². The summed E-state index contributed by atoms with van der Waals surface area (Å²) in [4.78, 5) is 11.8. The standard InChI is InChI=1S/C17H20FNO2/c1-10(2)19-15-6-4-11(17(20)21-3)8-13(15)14-9-12(18)5-7-16(14)19/h5,7,9-11H,4,6,8H2,1-3H3. The molecule has 0 spiro atoms. The number of nitrogens with zero attached hydrogens (tertiary/aromatic N) is 1. The largest absolute Gasteiger partial charge is 0.469 e. The number of carbonyl (C=O) groups excluding carboxylic acids is 1. The number of carbonyl (C=O) groups is 1. The summed E-state index contributed by atoms with van der Waals surface area (Å²) in [5.74, 6) is -0.508. The van der Waals surface area contributed by atoms with Crippen LogP contribution in [-0.2, 0) is 22.4 Å². The van der Waals surface area contributed by atoms with Crippen LogP contribution in [0.25, 0.3) is 10.9 Å². The molecule has 112 valence electrons. The fourth-order valence-electron chi connectivity index (χ4n) is 3.52. The minimum absolute atomic E-state index is 0.114. The van der Waals surface area contributed by atoms with Crippen molar-refractivity contribution in [2.75, 3.05) is 7.11 Å². The zero-order chi connectivity index (χ0) is 15.1. The van der Waals surface area contributed by atoms with Crippen LogP contribution < -0.4 is 0 Å². The van der Waals surface area contributed by atoms with Gasteiger partial charge in [0.2, 0.25) is 0 Å². The average Bonchev–Trinajstić information content (AvgIpc) is 2.79. The molecule has 0 amide bonds. The van der Waals surface area contributed by atoms with Gasteiger partial charge in [-0.1, -0.05) is 0 Å². The van der Waals surface area contributed by atoms with Gasteiger partial charge in [-0.3, -0.25) is 4.79 Å². The molecule has 1 aromatic heterocycles. The Hall–Kier alpha value is -1.84. The minimum atomic E-state index is -0.230. The van der Waals surface area contributed by atoms with Crippen molar-refractivity contribution in [2.24, 2.45) is 5.92 Å². The lowest BCUT2D eigenvalue weighted by molar-refractivity contribution is -0.145. The van der Waals surface area contributed by atoms with Crippen molar-refractivity contribution < 1.29 is 13.9 Å². The van der Waals surface area contributed by atoms with Gasteiger partial charge in [-0.05, 0) is 56.9 Å². The van der Waals surface area contributed by atoms with E-state index >= 15 is 0 Å². The van der Waals surface area contributed by atoms with Crippen LogP contribution in [0.1, 0.15) is 37.6 Å². The molecular formula is C17H20FNO2. The minimum Gasteiger partial charge on any atom is -0.469 e. The lowest BCUT2D eigenvalue weighted by Crippen LogP contribution is -2.24. The average molecular weight is 289 g/mol. The van der Waals surface area contributed by atoms with Gasteiger partial charge in [0.15, 0.2) is 0 Å². The van der Waals surface area contributed by atoms with Crippen LogP contribution in [0.2, 0.25) is 0 Å². The predicted molar refractivity (Wildman–Crippen MR) is 79.8 cm³/mol. The summed E-state index contributed by atoms with van der Waals surface area (Å²) in [6, 6.07) is 5.25. The number of fused-ring (bicyclic) bond motifs is 3. The van der Waals surface area contributed by atoms with Gasteiger partial charge < -0.3 is 9.30 Å². The van der Waals surface area contributed by atoms with Gasteiger partial charge in [-0.2, -0.15) is 0 Å². The first-order valence-electron chi connectivity index (χ1n) is 7.42. The number of halogens is 1. The van der Waals surface area contributed by atoms with Gasteiger partial charge in [0.25, 0.3) is 0 Å². The zero-order valence-electron chi connectivity index (χ0n) is 12.6. The number of hydrogen-bond donors (Lipinski definition) is 0. The van der Waals surface area contributed by atoms with Gasteiger partial charge in [-0.15, -0.1) is 0 Å². The molecule has 3 nitrogen and oxygen atoms in total. The van der Waals surface area contributed by atoms with E-state index in [1.54, 1.807) is 6.07 Å². The molecule has 1 aliphatic rings. The van der Waals surface area contributed by atoms with Crippen LogP contribution >= 0.6 is 0 Å². The molecule has 1 heterocycles. The number of benzene rings is 1. The number of ether oxygens (including phenoxy) is 1. The Morgan fingerprint density at radius 2 is 2.19 bits per heavy atom.